The van der Waals surface area contributed by atoms with Crippen molar-refractivity contribution < 1.29 is 4.74 Å². The number of aryl methyl sites for hydroxylation is 1. The first-order valence-electron chi connectivity index (χ1n) is 6.68. The van der Waals surface area contributed by atoms with Crippen LogP contribution in [0.4, 0.5) is 0 Å². The molecule has 3 nitrogen and oxygen atoms in total. The smallest absolute Gasteiger partial charge is 0.0605 e. The van der Waals surface area contributed by atoms with Crippen molar-refractivity contribution >= 4 is 0 Å². The van der Waals surface area contributed by atoms with Crippen LogP contribution < -0.4 is 5.32 Å². The van der Waals surface area contributed by atoms with E-state index in [2.05, 4.69) is 23.3 Å². The molecule has 1 aromatic heterocycles. The summed E-state index contributed by atoms with van der Waals surface area (Å²) < 4.78 is 5.59. The van der Waals surface area contributed by atoms with E-state index in [0.717, 1.165) is 19.4 Å². The van der Waals surface area contributed by atoms with Gasteiger partial charge in [-0.2, -0.15) is 0 Å². The number of pyridine rings is 1. The standard InChI is InChI=1S/C14H20N2O/c1-2-17-12-8-11(9-12)16-13-6-5-10-4-3-7-15-14(10)13/h3-4,7,11-13,16H,2,5-6,8-9H2,1H3. The first-order valence-corrected chi connectivity index (χ1v) is 6.68. The molecule has 0 amide bonds. The minimum absolute atomic E-state index is 0.471. The maximum Gasteiger partial charge on any atom is 0.0605 e. The molecule has 0 aliphatic heterocycles. The molecule has 0 aromatic carbocycles. The van der Waals surface area contributed by atoms with Gasteiger partial charge in [-0.05, 0) is 44.2 Å². The summed E-state index contributed by atoms with van der Waals surface area (Å²) in [7, 11) is 0. The highest BCUT2D eigenvalue weighted by molar-refractivity contribution is 5.28. The molecule has 3 rings (SSSR count). The van der Waals surface area contributed by atoms with Crippen molar-refractivity contribution in [2.24, 2.45) is 0 Å². The normalized spacial score (nSPS) is 31.0. The van der Waals surface area contributed by atoms with E-state index < -0.39 is 0 Å². The second-order valence-electron chi connectivity index (χ2n) is 5.05. The summed E-state index contributed by atoms with van der Waals surface area (Å²) in [5.41, 5.74) is 2.69. The molecule has 1 atom stereocenters. The fourth-order valence-electron chi connectivity index (χ4n) is 2.93. The Morgan fingerprint density at radius 3 is 3.18 bits per heavy atom. The zero-order chi connectivity index (χ0) is 11.7. The highest BCUT2D eigenvalue weighted by Crippen LogP contribution is 2.32. The Balaban J connectivity index is 1.55. The van der Waals surface area contributed by atoms with E-state index in [1.807, 2.05) is 12.3 Å². The van der Waals surface area contributed by atoms with E-state index >= 15 is 0 Å². The van der Waals surface area contributed by atoms with Gasteiger partial charge in [0.05, 0.1) is 17.8 Å². The third-order valence-corrected chi connectivity index (χ3v) is 3.89. The second kappa shape index (κ2) is 4.75. The van der Waals surface area contributed by atoms with E-state index in [1.165, 1.54) is 24.1 Å². The van der Waals surface area contributed by atoms with Crippen molar-refractivity contribution in [2.45, 2.75) is 50.8 Å². The minimum atomic E-state index is 0.471. The van der Waals surface area contributed by atoms with Gasteiger partial charge in [0, 0.05) is 18.8 Å². The zero-order valence-electron chi connectivity index (χ0n) is 10.4. The molecule has 1 N–H and O–H groups in total. The van der Waals surface area contributed by atoms with Crippen LogP contribution in [0, 0.1) is 0 Å². The summed E-state index contributed by atoms with van der Waals surface area (Å²) in [4.78, 5) is 4.51. The predicted octanol–water partition coefficient (Wildman–Crippen LogP) is 2.23. The molecule has 1 fully saturated rings. The third-order valence-electron chi connectivity index (χ3n) is 3.89. The van der Waals surface area contributed by atoms with Crippen molar-refractivity contribution in [1.29, 1.82) is 0 Å². The Labute approximate surface area is 103 Å². The first kappa shape index (κ1) is 11.2. The molecule has 92 valence electrons. The van der Waals surface area contributed by atoms with Gasteiger partial charge in [0.1, 0.15) is 0 Å². The summed E-state index contributed by atoms with van der Waals surface area (Å²) >= 11 is 0. The molecule has 1 aromatic rings. The third kappa shape index (κ3) is 2.22. The largest absolute Gasteiger partial charge is 0.378 e. The van der Waals surface area contributed by atoms with Crippen LogP contribution >= 0.6 is 0 Å². The van der Waals surface area contributed by atoms with Crippen LogP contribution in [0.2, 0.25) is 0 Å². The van der Waals surface area contributed by atoms with E-state index in [1.54, 1.807) is 0 Å². The number of fused-ring (bicyclic) bond motifs is 1. The molecule has 0 spiro atoms. The lowest BCUT2D eigenvalue weighted by Gasteiger charge is -2.37. The molecule has 3 heteroatoms. The molecular weight excluding hydrogens is 212 g/mol. The lowest BCUT2D eigenvalue weighted by molar-refractivity contribution is -0.0125. The van der Waals surface area contributed by atoms with Gasteiger partial charge in [0.15, 0.2) is 0 Å². The number of hydrogen-bond donors (Lipinski definition) is 1. The zero-order valence-corrected chi connectivity index (χ0v) is 10.4. The van der Waals surface area contributed by atoms with Crippen LogP contribution in [0.1, 0.15) is 43.5 Å². The van der Waals surface area contributed by atoms with Crippen LogP contribution in [0.5, 0.6) is 0 Å². The van der Waals surface area contributed by atoms with Crippen LogP contribution in [-0.2, 0) is 11.2 Å². The summed E-state index contributed by atoms with van der Waals surface area (Å²) in [5, 5.41) is 3.72. The maximum absolute atomic E-state index is 5.59. The average molecular weight is 232 g/mol. The van der Waals surface area contributed by atoms with Gasteiger partial charge in [0.25, 0.3) is 0 Å². The molecule has 0 bridgehead atoms. The van der Waals surface area contributed by atoms with Crippen molar-refractivity contribution in [3.05, 3.63) is 29.6 Å². The number of nitrogens with one attached hydrogen (secondary N) is 1. The molecule has 0 radical (unpaired) electrons. The lowest BCUT2D eigenvalue weighted by Crippen LogP contribution is -2.46. The summed E-state index contributed by atoms with van der Waals surface area (Å²) in [5.74, 6) is 0. The molecule has 1 heterocycles. The van der Waals surface area contributed by atoms with Gasteiger partial charge in [-0.1, -0.05) is 6.07 Å². The Kier molecular flexibility index (Phi) is 3.12. The van der Waals surface area contributed by atoms with E-state index in [-0.39, 0.29) is 0 Å². The minimum Gasteiger partial charge on any atom is -0.378 e. The van der Waals surface area contributed by atoms with Gasteiger partial charge in [0.2, 0.25) is 0 Å². The molecule has 1 saturated carbocycles. The predicted molar refractivity (Wildman–Crippen MR) is 66.9 cm³/mol. The number of ether oxygens (including phenoxy) is 1. The number of rotatable bonds is 4. The van der Waals surface area contributed by atoms with Crippen molar-refractivity contribution in [1.82, 2.24) is 10.3 Å². The monoisotopic (exact) mass is 232 g/mol. The van der Waals surface area contributed by atoms with Crippen LogP contribution in [0.15, 0.2) is 18.3 Å². The molecule has 0 saturated heterocycles. The molecule has 2 aliphatic rings. The molecular formula is C14H20N2O. The number of nitrogens with zero attached hydrogens (tertiary/aromatic N) is 1. The van der Waals surface area contributed by atoms with Gasteiger partial charge < -0.3 is 10.1 Å². The SMILES string of the molecule is CCOC1CC(NC2CCc3cccnc32)C1. The Morgan fingerprint density at radius 2 is 2.35 bits per heavy atom. The van der Waals surface area contributed by atoms with E-state index in [9.17, 15) is 0 Å². The maximum atomic E-state index is 5.59. The van der Waals surface area contributed by atoms with Crippen LogP contribution in [0.3, 0.4) is 0 Å². The second-order valence-corrected chi connectivity index (χ2v) is 5.05. The quantitative estimate of drug-likeness (QED) is 0.864. The summed E-state index contributed by atoms with van der Waals surface area (Å²) in [6.07, 6.45) is 7.08. The molecule has 2 aliphatic carbocycles. The van der Waals surface area contributed by atoms with Crippen molar-refractivity contribution in [2.75, 3.05) is 6.61 Å². The van der Waals surface area contributed by atoms with Crippen LogP contribution in [-0.4, -0.2) is 23.7 Å². The fourth-order valence-corrected chi connectivity index (χ4v) is 2.93. The van der Waals surface area contributed by atoms with Crippen LogP contribution in [0.25, 0.3) is 0 Å². The Hall–Kier alpha value is -0.930. The van der Waals surface area contributed by atoms with E-state index in [0.29, 0.717) is 18.2 Å². The Bertz CT molecular complexity index is 388. The fraction of sp³-hybridized carbons (Fsp3) is 0.643. The number of hydrogen-bond acceptors (Lipinski definition) is 3. The average Bonchev–Trinajstić information content (AvgIpc) is 2.70. The summed E-state index contributed by atoms with van der Waals surface area (Å²) in [6, 6.07) is 5.34. The lowest BCUT2D eigenvalue weighted by atomic mass is 9.88. The summed E-state index contributed by atoms with van der Waals surface area (Å²) in [6.45, 7) is 2.91. The van der Waals surface area contributed by atoms with Gasteiger partial charge in [-0.3, -0.25) is 4.98 Å². The molecule has 1 unspecified atom stereocenters. The van der Waals surface area contributed by atoms with Gasteiger partial charge in [-0.25, -0.2) is 0 Å². The molecule has 17 heavy (non-hydrogen) atoms. The van der Waals surface area contributed by atoms with Crippen molar-refractivity contribution in [3.63, 3.8) is 0 Å². The highest BCUT2D eigenvalue weighted by Gasteiger charge is 2.33. The van der Waals surface area contributed by atoms with E-state index in [4.69, 9.17) is 4.74 Å². The first-order chi connectivity index (χ1) is 8.36. The Morgan fingerprint density at radius 1 is 1.47 bits per heavy atom. The van der Waals surface area contributed by atoms with Crippen molar-refractivity contribution in [3.8, 4) is 0 Å². The number of aromatic nitrogens is 1. The van der Waals surface area contributed by atoms with Gasteiger partial charge in [-0.15, -0.1) is 0 Å². The van der Waals surface area contributed by atoms with Gasteiger partial charge >= 0.3 is 0 Å². The highest BCUT2D eigenvalue weighted by atomic mass is 16.5. The topological polar surface area (TPSA) is 34.1 Å².